The van der Waals surface area contributed by atoms with Crippen LogP contribution in [0, 0.1) is 6.92 Å². The molecule has 4 aromatic carbocycles. The maximum Gasteiger partial charge on any atom is 0.244 e. The first-order chi connectivity index (χ1) is 21.1. The molecule has 0 aliphatic carbocycles. The summed E-state index contributed by atoms with van der Waals surface area (Å²) in [5, 5.41) is 2.86. The number of hydrogen-bond donors (Lipinski definition) is 1. The van der Waals surface area contributed by atoms with Crippen LogP contribution in [0.4, 0.5) is 5.69 Å². The third-order valence-electron chi connectivity index (χ3n) is 7.15. The highest BCUT2D eigenvalue weighted by Crippen LogP contribution is 2.24. The number of anilines is 1. The number of likely N-dealkylation sites (N-methyl/N-ethyl adjacent to an activating group) is 1. The molecule has 4 rings (SSSR count). The molecule has 9 heteroatoms. The second kappa shape index (κ2) is 15.2. The van der Waals surface area contributed by atoms with E-state index in [-0.39, 0.29) is 18.9 Å². The van der Waals surface area contributed by atoms with Crippen molar-refractivity contribution in [1.82, 2.24) is 10.2 Å². The number of carbonyl (C=O) groups is 2. The summed E-state index contributed by atoms with van der Waals surface area (Å²) in [6.07, 6.45) is 1.34. The number of aryl methyl sites for hydroxylation is 1. The van der Waals surface area contributed by atoms with E-state index in [0.29, 0.717) is 24.6 Å². The third kappa shape index (κ3) is 9.18. The lowest BCUT2D eigenvalue weighted by Gasteiger charge is -2.33. The number of hydrogen-bond acceptors (Lipinski definition) is 5. The first-order valence-corrected chi connectivity index (χ1v) is 16.4. The van der Waals surface area contributed by atoms with Crippen molar-refractivity contribution < 1.29 is 22.7 Å². The molecule has 0 aromatic heterocycles. The first-order valence-electron chi connectivity index (χ1n) is 14.5. The summed E-state index contributed by atoms with van der Waals surface area (Å²) in [6.45, 7) is 4.22. The quantitative estimate of drug-likeness (QED) is 0.213. The Bertz CT molecular complexity index is 1610. The molecule has 0 saturated heterocycles. The van der Waals surface area contributed by atoms with Crippen molar-refractivity contribution in [3.05, 3.63) is 131 Å². The summed E-state index contributed by atoms with van der Waals surface area (Å²) in [4.78, 5) is 29.1. The van der Waals surface area contributed by atoms with Crippen molar-refractivity contribution in [2.75, 3.05) is 23.7 Å². The van der Waals surface area contributed by atoms with Crippen LogP contribution in [0.1, 0.15) is 29.2 Å². The molecule has 4 aromatic rings. The van der Waals surface area contributed by atoms with E-state index in [1.54, 1.807) is 24.3 Å². The van der Waals surface area contributed by atoms with Gasteiger partial charge in [0.25, 0.3) is 0 Å². The van der Waals surface area contributed by atoms with Gasteiger partial charge in [-0.25, -0.2) is 8.42 Å². The van der Waals surface area contributed by atoms with Crippen molar-refractivity contribution in [2.24, 2.45) is 0 Å². The average molecular weight is 614 g/mol. The molecule has 0 aliphatic heterocycles. The molecule has 1 atom stereocenters. The Morgan fingerprint density at radius 1 is 0.795 bits per heavy atom. The fourth-order valence-electron chi connectivity index (χ4n) is 4.80. The van der Waals surface area contributed by atoms with Crippen molar-refractivity contribution >= 4 is 27.5 Å². The van der Waals surface area contributed by atoms with Gasteiger partial charge in [0.2, 0.25) is 21.8 Å². The lowest BCUT2D eigenvalue weighted by atomic mass is 10.0. The number of sulfonamides is 1. The van der Waals surface area contributed by atoms with Gasteiger partial charge in [0.05, 0.1) is 11.9 Å². The maximum atomic E-state index is 14.1. The van der Waals surface area contributed by atoms with Crippen LogP contribution in [0.15, 0.2) is 109 Å². The van der Waals surface area contributed by atoms with Crippen LogP contribution in [0.3, 0.4) is 0 Å². The zero-order chi connectivity index (χ0) is 31.5. The second-order valence-electron chi connectivity index (χ2n) is 10.6. The molecule has 0 spiro atoms. The molecule has 8 nitrogen and oxygen atoms in total. The van der Waals surface area contributed by atoms with E-state index in [1.165, 1.54) is 4.90 Å². The predicted octanol–water partition coefficient (Wildman–Crippen LogP) is 5.12. The van der Waals surface area contributed by atoms with Crippen LogP contribution in [0.2, 0.25) is 0 Å². The van der Waals surface area contributed by atoms with Gasteiger partial charge in [-0.05, 0) is 54.8 Å². The lowest BCUT2D eigenvalue weighted by Crippen LogP contribution is -2.53. The zero-order valence-corrected chi connectivity index (χ0v) is 26.2. The topological polar surface area (TPSA) is 96.0 Å². The van der Waals surface area contributed by atoms with Gasteiger partial charge in [-0.1, -0.05) is 90.5 Å². The summed E-state index contributed by atoms with van der Waals surface area (Å²) in [5.74, 6) is -0.229. The molecule has 0 fully saturated rings. The highest BCUT2D eigenvalue weighted by Gasteiger charge is 2.32. The Morgan fingerprint density at radius 2 is 1.39 bits per heavy atom. The highest BCUT2D eigenvalue weighted by atomic mass is 32.2. The second-order valence-corrected chi connectivity index (χ2v) is 12.6. The van der Waals surface area contributed by atoms with E-state index < -0.39 is 28.5 Å². The molecule has 0 heterocycles. The molecule has 0 bridgehead atoms. The van der Waals surface area contributed by atoms with Crippen molar-refractivity contribution in [3.63, 3.8) is 0 Å². The van der Waals surface area contributed by atoms with E-state index in [1.807, 2.05) is 98.8 Å². The van der Waals surface area contributed by atoms with E-state index in [4.69, 9.17) is 4.74 Å². The van der Waals surface area contributed by atoms with Crippen LogP contribution in [0.5, 0.6) is 5.75 Å². The van der Waals surface area contributed by atoms with Crippen LogP contribution < -0.4 is 14.4 Å². The molecule has 0 aliphatic rings. The molecule has 44 heavy (non-hydrogen) atoms. The van der Waals surface area contributed by atoms with Gasteiger partial charge in [0.1, 0.15) is 24.9 Å². The summed E-state index contributed by atoms with van der Waals surface area (Å²) in [6, 6.07) is 32.6. The minimum absolute atomic E-state index is 0.137. The zero-order valence-electron chi connectivity index (χ0n) is 25.3. The molecule has 2 amide bonds. The molecule has 230 valence electrons. The average Bonchev–Trinajstić information content (AvgIpc) is 3.02. The Labute approximate surface area is 260 Å². The van der Waals surface area contributed by atoms with Crippen LogP contribution in [-0.2, 0) is 39.2 Å². The minimum atomic E-state index is -3.86. The summed E-state index contributed by atoms with van der Waals surface area (Å²) in [7, 11) is -3.86. The number of benzene rings is 4. The van der Waals surface area contributed by atoms with Gasteiger partial charge >= 0.3 is 0 Å². The van der Waals surface area contributed by atoms with Crippen LogP contribution in [-0.4, -0.2) is 50.5 Å². The predicted molar refractivity (Wildman–Crippen MR) is 174 cm³/mol. The highest BCUT2D eigenvalue weighted by molar-refractivity contribution is 7.92. The van der Waals surface area contributed by atoms with Gasteiger partial charge in [-0.2, -0.15) is 0 Å². The van der Waals surface area contributed by atoms with E-state index in [0.717, 1.165) is 32.8 Å². The third-order valence-corrected chi connectivity index (χ3v) is 8.29. The van der Waals surface area contributed by atoms with Gasteiger partial charge in [-0.3, -0.25) is 13.9 Å². The van der Waals surface area contributed by atoms with Crippen molar-refractivity contribution in [2.45, 2.75) is 39.5 Å². The van der Waals surface area contributed by atoms with Gasteiger partial charge in [0, 0.05) is 19.5 Å². The first kappa shape index (κ1) is 32.3. The van der Waals surface area contributed by atoms with E-state index in [9.17, 15) is 18.0 Å². The summed E-state index contributed by atoms with van der Waals surface area (Å²) < 4.78 is 33.0. The lowest BCUT2D eigenvalue weighted by molar-refractivity contribution is -0.140. The normalized spacial score (nSPS) is 11.8. The summed E-state index contributed by atoms with van der Waals surface area (Å²) >= 11 is 0. The SMILES string of the molecule is CCNC(=O)[C@H](Cc1ccccc1)N(Cc1ccc(C)cc1)C(=O)CN(c1ccc(OCc2ccccc2)cc1)S(C)(=O)=O. The maximum absolute atomic E-state index is 14.1. The monoisotopic (exact) mass is 613 g/mol. The van der Waals surface area contributed by atoms with Crippen molar-refractivity contribution in [3.8, 4) is 5.75 Å². The Kier molecular flexibility index (Phi) is 11.2. The van der Waals surface area contributed by atoms with Crippen LogP contribution in [0.25, 0.3) is 0 Å². The standard InChI is InChI=1S/C35H39N3O5S/c1-4-36-35(40)33(23-28-11-7-5-8-12-28)37(24-29-17-15-27(2)16-18-29)34(39)25-38(44(3,41)42)31-19-21-32(22-20-31)43-26-30-13-9-6-10-14-30/h5-22,33H,4,23-26H2,1-3H3,(H,36,40)/t33-/m0/s1. The van der Waals surface area contributed by atoms with Gasteiger partial charge in [0.15, 0.2) is 0 Å². The molecule has 0 radical (unpaired) electrons. The number of carbonyl (C=O) groups excluding carboxylic acids is 2. The molecule has 0 saturated carbocycles. The molecule has 0 unspecified atom stereocenters. The Hall–Kier alpha value is -4.63. The molecular formula is C35H39N3O5S. The molecular weight excluding hydrogens is 574 g/mol. The van der Waals surface area contributed by atoms with E-state index in [2.05, 4.69) is 5.32 Å². The Morgan fingerprint density at radius 3 is 1.95 bits per heavy atom. The van der Waals surface area contributed by atoms with Gasteiger partial charge < -0.3 is 15.0 Å². The molecule has 1 N–H and O–H groups in total. The smallest absolute Gasteiger partial charge is 0.244 e. The largest absolute Gasteiger partial charge is 0.489 e. The number of nitrogens with zero attached hydrogens (tertiary/aromatic N) is 2. The number of ether oxygens (including phenoxy) is 1. The number of rotatable bonds is 14. The number of amides is 2. The summed E-state index contributed by atoms with van der Waals surface area (Å²) in [5.41, 5.74) is 4.11. The fraction of sp³-hybridized carbons (Fsp3) is 0.257. The number of nitrogens with one attached hydrogen (secondary N) is 1. The van der Waals surface area contributed by atoms with E-state index >= 15 is 0 Å². The van der Waals surface area contributed by atoms with Gasteiger partial charge in [-0.15, -0.1) is 0 Å². The fourth-order valence-corrected chi connectivity index (χ4v) is 5.65. The Balaban J connectivity index is 1.62. The van der Waals surface area contributed by atoms with Crippen LogP contribution >= 0.6 is 0 Å². The van der Waals surface area contributed by atoms with Crippen molar-refractivity contribution in [1.29, 1.82) is 0 Å². The minimum Gasteiger partial charge on any atom is -0.489 e.